The van der Waals surface area contributed by atoms with Gasteiger partial charge in [0.25, 0.3) is 0 Å². The molecule has 0 aliphatic rings. The summed E-state index contributed by atoms with van der Waals surface area (Å²) in [5.74, 6) is -0.914. The molecule has 0 aliphatic carbocycles. The van der Waals surface area contributed by atoms with Crippen molar-refractivity contribution in [3.8, 4) is 0 Å². The van der Waals surface area contributed by atoms with E-state index < -0.39 is 10.8 Å². The lowest BCUT2D eigenvalue weighted by Gasteiger charge is -1.94. The molecule has 3 nitrogen and oxygen atoms in total. The average Bonchev–Trinajstić information content (AvgIpc) is 1.65. The number of hydrogen-bond donors (Lipinski definition) is 2. The summed E-state index contributed by atoms with van der Waals surface area (Å²) < 4.78 is 0. The second kappa shape index (κ2) is 2.98. The third kappa shape index (κ3) is 2.59. The molecule has 1 unspecified atom stereocenters. The molecule has 0 spiro atoms. The van der Waals surface area contributed by atoms with Gasteiger partial charge < -0.3 is 10.8 Å². The highest BCUT2D eigenvalue weighted by atomic mass is 79.9. The maximum Gasteiger partial charge on any atom is 0.318 e. The Labute approximate surface area is 49.6 Å². The molecule has 0 aromatic carbocycles. The predicted octanol–water partition coefficient (Wildman–Crippen LogP) is -0.207. The van der Waals surface area contributed by atoms with Crippen LogP contribution >= 0.6 is 15.9 Å². The largest absolute Gasteiger partial charge is 0.480 e. The first kappa shape index (κ1) is 6.91. The number of aliphatic carboxylic acids is 1. The topological polar surface area (TPSA) is 63.3 Å². The van der Waals surface area contributed by atoms with Gasteiger partial charge in [-0.15, -0.1) is 0 Å². The van der Waals surface area contributed by atoms with E-state index in [0.29, 0.717) is 0 Å². The first-order valence-electron chi connectivity index (χ1n) is 1.75. The van der Waals surface area contributed by atoms with Gasteiger partial charge in [-0.3, -0.25) is 4.79 Å². The van der Waals surface area contributed by atoms with E-state index in [0.717, 1.165) is 0 Å². The zero-order valence-corrected chi connectivity index (χ0v) is 5.18. The highest BCUT2D eigenvalue weighted by Crippen LogP contribution is 1.93. The van der Waals surface area contributed by atoms with Gasteiger partial charge in [-0.2, -0.15) is 0 Å². The summed E-state index contributed by atoms with van der Waals surface area (Å²) >= 11 is 2.82. The smallest absolute Gasteiger partial charge is 0.318 e. The molecule has 0 aromatic rings. The number of alkyl halides is 1. The van der Waals surface area contributed by atoms with Crippen LogP contribution in [0.25, 0.3) is 0 Å². The SMILES string of the molecule is NCC(Br)C(=O)O. The number of halogens is 1. The van der Waals surface area contributed by atoms with Crippen molar-refractivity contribution >= 4 is 21.9 Å². The normalized spacial score (nSPS) is 13.4. The Morgan fingerprint density at radius 2 is 2.43 bits per heavy atom. The zero-order valence-electron chi connectivity index (χ0n) is 3.60. The third-order valence-electron chi connectivity index (χ3n) is 0.475. The van der Waals surface area contributed by atoms with Gasteiger partial charge in [0.05, 0.1) is 0 Å². The Balaban J connectivity index is 3.34. The van der Waals surface area contributed by atoms with Crippen molar-refractivity contribution in [2.45, 2.75) is 4.83 Å². The highest BCUT2D eigenvalue weighted by molar-refractivity contribution is 9.10. The van der Waals surface area contributed by atoms with Crippen molar-refractivity contribution < 1.29 is 9.90 Å². The van der Waals surface area contributed by atoms with Crippen LogP contribution in [0.15, 0.2) is 0 Å². The van der Waals surface area contributed by atoms with Crippen molar-refractivity contribution in [3.05, 3.63) is 0 Å². The second-order valence-corrected chi connectivity index (χ2v) is 2.15. The van der Waals surface area contributed by atoms with E-state index in [1.165, 1.54) is 0 Å². The first-order chi connectivity index (χ1) is 3.18. The first-order valence-corrected chi connectivity index (χ1v) is 2.67. The van der Waals surface area contributed by atoms with Crippen molar-refractivity contribution in [1.29, 1.82) is 0 Å². The van der Waals surface area contributed by atoms with E-state index >= 15 is 0 Å². The minimum absolute atomic E-state index is 0.134. The van der Waals surface area contributed by atoms with Crippen LogP contribution in [0.2, 0.25) is 0 Å². The monoisotopic (exact) mass is 167 g/mol. The molecule has 0 saturated heterocycles. The van der Waals surface area contributed by atoms with Crippen molar-refractivity contribution in [3.63, 3.8) is 0 Å². The highest BCUT2D eigenvalue weighted by Gasteiger charge is 2.07. The molecule has 0 saturated carbocycles. The van der Waals surface area contributed by atoms with E-state index in [9.17, 15) is 4.79 Å². The molecule has 0 aromatic heterocycles. The van der Waals surface area contributed by atoms with E-state index in [4.69, 9.17) is 10.8 Å². The van der Waals surface area contributed by atoms with Crippen LogP contribution in [0, 0.1) is 0 Å². The molecular weight excluding hydrogens is 162 g/mol. The number of hydrogen-bond acceptors (Lipinski definition) is 2. The molecule has 1 atom stereocenters. The van der Waals surface area contributed by atoms with E-state index in [-0.39, 0.29) is 6.54 Å². The number of rotatable bonds is 2. The van der Waals surface area contributed by atoms with E-state index in [1.807, 2.05) is 0 Å². The fourth-order valence-corrected chi connectivity index (χ4v) is 0.101. The molecule has 0 amide bonds. The molecule has 4 heteroatoms. The molecular formula is C3H6BrNO2. The molecule has 0 bridgehead atoms. The molecule has 0 radical (unpaired) electrons. The molecule has 7 heavy (non-hydrogen) atoms. The van der Waals surface area contributed by atoms with Crippen molar-refractivity contribution in [1.82, 2.24) is 0 Å². The number of carboxylic acids is 1. The van der Waals surface area contributed by atoms with Crippen LogP contribution < -0.4 is 5.73 Å². The minimum atomic E-state index is -0.914. The Bertz CT molecular complexity index is 75.3. The van der Waals surface area contributed by atoms with Gasteiger partial charge in [-0.1, -0.05) is 15.9 Å². The Morgan fingerprint density at radius 3 is 2.43 bits per heavy atom. The third-order valence-corrected chi connectivity index (χ3v) is 1.24. The van der Waals surface area contributed by atoms with Crippen molar-refractivity contribution in [2.75, 3.05) is 6.54 Å². The summed E-state index contributed by atoms with van der Waals surface area (Å²) in [6.07, 6.45) is 0. The van der Waals surface area contributed by atoms with Gasteiger partial charge in [0.15, 0.2) is 0 Å². The Morgan fingerprint density at radius 1 is 2.00 bits per heavy atom. The van der Waals surface area contributed by atoms with Crippen LogP contribution in [0.3, 0.4) is 0 Å². The fourth-order valence-electron chi connectivity index (χ4n) is 0.101. The number of carbonyl (C=O) groups is 1. The van der Waals surface area contributed by atoms with Gasteiger partial charge in [0.2, 0.25) is 0 Å². The summed E-state index contributed by atoms with van der Waals surface area (Å²) in [7, 11) is 0. The summed E-state index contributed by atoms with van der Waals surface area (Å²) in [5, 5.41) is 8.06. The quantitative estimate of drug-likeness (QED) is 0.561. The maximum absolute atomic E-state index is 9.80. The van der Waals surface area contributed by atoms with Crippen LogP contribution in [-0.2, 0) is 4.79 Å². The van der Waals surface area contributed by atoms with Gasteiger partial charge in [-0.25, -0.2) is 0 Å². The van der Waals surface area contributed by atoms with Gasteiger partial charge in [-0.05, 0) is 0 Å². The number of carboxylic acid groups (broad SMARTS) is 1. The van der Waals surface area contributed by atoms with Crippen LogP contribution in [0.5, 0.6) is 0 Å². The predicted molar refractivity (Wildman–Crippen MR) is 29.4 cm³/mol. The summed E-state index contributed by atoms with van der Waals surface area (Å²) in [6, 6.07) is 0. The van der Waals surface area contributed by atoms with Crippen molar-refractivity contribution in [2.24, 2.45) is 5.73 Å². The summed E-state index contributed by atoms with van der Waals surface area (Å²) in [6.45, 7) is 0.134. The van der Waals surface area contributed by atoms with Gasteiger partial charge >= 0.3 is 5.97 Å². The van der Waals surface area contributed by atoms with Gasteiger partial charge in [0.1, 0.15) is 4.83 Å². The molecule has 0 heterocycles. The lowest BCUT2D eigenvalue weighted by Crippen LogP contribution is -2.22. The lowest BCUT2D eigenvalue weighted by molar-refractivity contribution is -0.136. The van der Waals surface area contributed by atoms with Crippen LogP contribution in [0.1, 0.15) is 0 Å². The van der Waals surface area contributed by atoms with Crippen LogP contribution in [0.4, 0.5) is 0 Å². The Hall–Kier alpha value is -0.0900. The second-order valence-electron chi connectivity index (χ2n) is 1.04. The molecule has 42 valence electrons. The maximum atomic E-state index is 9.80. The molecule has 0 aliphatic heterocycles. The lowest BCUT2D eigenvalue weighted by atomic mass is 10.4. The van der Waals surface area contributed by atoms with E-state index in [1.54, 1.807) is 0 Å². The molecule has 0 fully saturated rings. The Kier molecular flexibility index (Phi) is 2.95. The standard InChI is InChI=1S/C3H6BrNO2/c4-2(1-5)3(6)7/h2H,1,5H2,(H,6,7). The van der Waals surface area contributed by atoms with Gasteiger partial charge in [0, 0.05) is 6.54 Å². The molecule has 0 rings (SSSR count). The molecule has 3 N–H and O–H groups in total. The number of nitrogens with two attached hydrogens (primary N) is 1. The minimum Gasteiger partial charge on any atom is -0.480 e. The summed E-state index contributed by atoms with van der Waals surface area (Å²) in [5.41, 5.74) is 4.95. The van der Waals surface area contributed by atoms with E-state index in [2.05, 4.69) is 15.9 Å². The van der Waals surface area contributed by atoms with Crippen LogP contribution in [-0.4, -0.2) is 22.4 Å². The average molecular weight is 168 g/mol. The summed E-state index contributed by atoms with van der Waals surface area (Å²) in [4.78, 5) is 9.21. The fraction of sp³-hybridized carbons (Fsp3) is 0.667. The zero-order chi connectivity index (χ0) is 5.86.